The molecular weight excluding hydrogens is 292 g/mol. The Morgan fingerprint density at radius 1 is 1.38 bits per heavy atom. The van der Waals surface area contributed by atoms with Crippen molar-refractivity contribution in [2.75, 3.05) is 38.3 Å². The van der Waals surface area contributed by atoms with Crippen molar-refractivity contribution in [1.29, 1.82) is 0 Å². The molecule has 122 valence electrons. The highest BCUT2D eigenvalue weighted by molar-refractivity contribution is 7.91. The first-order valence-electron chi connectivity index (χ1n) is 7.68. The molecule has 2 aliphatic heterocycles. The summed E-state index contributed by atoms with van der Waals surface area (Å²) < 4.78 is 28.5. The molecule has 2 rings (SSSR count). The molecule has 2 fully saturated rings. The number of ether oxygens (including phenoxy) is 1. The second-order valence-electron chi connectivity index (χ2n) is 6.13. The molecule has 0 radical (unpaired) electrons. The van der Waals surface area contributed by atoms with E-state index in [1.807, 2.05) is 0 Å². The van der Waals surface area contributed by atoms with E-state index < -0.39 is 9.84 Å². The molecule has 0 saturated carbocycles. The third-order valence-electron chi connectivity index (χ3n) is 4.50. The SMILES string of the molecule is COCCN(C(=O)C1NCCCC1C)C1CCS(=O)(=O)C1. The van der Waals surface area contributed by atoms with Gasteiger partial charge in [0.15, 0.2) is 9.84 Å². The van der Waals surface area contributed by atoms with Gasteiger partial charge in [-0.25, -0.2) is 8.42 Å². The fraction of sp³-hybridized carbons (Fsp3) is 0.929. The Labute approximate surface area is 127 Å². The minimum absolute atomic E-state index is 0.0290. The van der Waals surface area contributed by atoms with E-state index in [1.54, 1.807) is 12.0 Å². The highest BCUT2D eigenvalue weighted by atomic mass is 32.2. The molecule has 0 aromatic carbocycles. The van der Waals surface area contributed by atoms with Crippen LogP contribution in [-0.4, -0.2) is 69.6 Å². The maximum atomic E-state index is 12.8. The Morgan fingerprint density at radius 3 is 2.71 bits per heavy atom. The number of rotatable bonds is 5. The van der Waals surface area contributed by atoms with E-state index in [0.29, 0.717) is 19.6 Å². The van der Waals surface area contributed by atoms with Crippen LogP contribution in [0.15, 0.2) is 0 Å². The van der Waals surface area contributed by atoms with Crippen molar-refractivity contribution in [2.45, 2.75) is 38.3 Å². The van der Waals surface area contributed by atoms with Crippen molar-refractivity contribution in [3.05, 3.63) is 0 Å². The summed E-state index contributed by atoms with van der Waals surface area (Å²) in [5.74, 6) is 0.585. The summed E-state index contributed by atoms with van der Waals surface area (Å²) >= 11 is 0. The molecular formula is C14H26N2O4S. The predicted molar refractivity (Wildman–Crippen MR) is 80.8 cm³/mol. The molecule has 2 saturated heterocycles. The molecule has 21 heavy (non-hydrogen) atoms. The molecule has 0 aromatic rings. The normalized spacial score (nSPS) is 32.0. The summed E-state index contributed by atoms with van der Waals surface area (Å²) in [5.41, 5.74) is 0. The van der Waals surface area contributed by atoms with Gasteiger partial charge in [0.05, 0.1) is 24.2 Å². The average Bonchev–Trinajstić information content (AvgIpc) is 2.79. The molecule has 3 atom stereocenters. The van der Waals surface area contributed by atoms with Crippen LogP contribution in [0.1, 0.15) is 26.2 Å². The van der Waals surface area contributed by atoms with Crippen LogP contribution in [-0.2, 0) is 19.4 Å². The molecule has 1 N–H and O–H groups in total. The monoisotopic (exact) mass is 318 g/mol. The van der Waals surface area contributed by atoms with Crippen LogP contribution in [0.4, 0.5) is 0 Å². The molecule has 2 aliphatic rings. The zero-order valence-electron chi connectivity index (χ0n) is 12.9. The van der Waals surface area contributed by atoms with E-state index >= 15 is 0 Å². The smallest absolute Gasteiger partial charge is 0.240 e. The lowest BCUT2D eigenvalue weighted by Crippen LogP contribution is -2.55. The van der Waals surface area contributed by atoms with Gasteiger partial charge in [0.25, 0.3) is 0 Å². The number of nitrogens with one attached hydrogen (secondary N) is 1. The van der Waals surface area contributed by atoms with Crippen molar-refractivity contribution in [3.8, 4) is 0 Å². The molecule has 0 aliphatic carbocycles. The second kappa shape index (κ2) is 7.07. The minimum Gasteiger partial charge on any atom is -0.383 e. The number of piperidine rings is 1. The first-order valence-corrected chi connectivity index (χ1v) is 9.50. The number of carbonyl (C=O) groups is 1. The number of nitrogens with zero attached hydrogens (tertiary/aromatic N) is 1. The molecule has 0 bridgehead atoms. The highest BCUT2D eigenvalue weighted by Gasteiger charge is 2.38. The number of hydrogen-bond donors (Lipinski definition) is 1. The van der Waals surface area contributed by atoms with Crippen LogP contribution in [0.3, 0.4) is 0 Å². The number of hydrogen-bond acceptors (Lipinski definition) is 5. The molecule has 2 heterocycles. The molecule has 0 aromatic heterocycles. The number of amides is 1. The molecule has 7 heteroatoms. The summed E-state index contributed by atoms with van der Waals surface area (Å²) in [7, 11) is -1.41. The second-order valence-corrected chi connectivity index (χ2v) is 8.36. The summed E-state index contributed by atoms with van der Waals surface area (Å²) in [6.07, 6.45) is 2.66. The van der Waals surface area contributed by atoms with E-state index in [9.17, 15) is 13.2 Å². The topological polar surface area (TPSA) is 75.7 Å². The largest absolute Gasteiger partial charge is 0.383 e. The first-order chi connectivity index (χ1) is 9.94. The van der Waals surface area contributed by atoms with Gasteiger partial charge in [-0.15, -0.1) is 0 Å². The summed E-state index contributed by atoms with van der Waals surface area (Å²) in [4.78, 5) is 14.6. The average molecular weight is 318 g/mol. The van der Waals surface area contributed by atoms with Gasteiger partial charge in [0.1, 0.15) is 0 Å². The molecule has 3 unspecified atom stereocenters. The van der Waals surface area contributed by atoms with E-state index in [4.69, 9.17) is 4.74 Å². The van der Waals surface area contributed by atoms with E-state index in [0.717, 1.165) is 19.4 Å². The summed E-state index contributed by atoms with van der Waals surface area (Å²) in [5, 5.41) is 3.29. The van der Waals surface area contributed by atoms with Crippen LogP contribution < -0.4 is 5.32 Å². The fourth-order valence-corrected chi connectivity index (χ4v) is 4.97. The molecule has 6 nitrogen and oxygen atoms in total. The van der Waals surface area contributed by atoms with Gasteiger partial charge >= 0.3 is 0 Å². The predicted octanol–water partition coefficient (Wildman–Crippen LogP) is 0.0366. The maximum Gasteiger partial charge on any atom is 0.240 e. The first kappa shape index (κ1) is 16.7. The number of methoxy groups -OCH3 is 1. The van der Waals surface area contributed by atoms with Gasteiger partial charge in [-0.3, -0.25) is 4.79 Å². The Hall–Kier alpha value is -0.660. The Bertz CT molecular complexity index is 466. The lowest BCUT2D eigenvalue weighted by molar-refractivity contribution is -0.138. The van der Waals surface area contributed by atoms with E-state index in [-0.39, 0.29) is 35.4 Å². The van der Waals surface area contributed by atoms with Gasteiger partial charge in [0.2, 0.25) is 5.91 Å². The Morgan fingerprint density at radius 2 is 2.14 bits per heavy atom. The van der Waals surface area contributed by atoms with Gasteiger partial charge in [-0.1, -0.05) is 6.92 Å². The van der Waals surface area contributed by atoms with Crippen molar-refractivity contribution < 1.29 is 17.9 Å². The van der Waals surface area contributed by atoms with Gasteiger partial charge in [-0.2, -0.15) is 0 Å². The van der Waals surface area contributed by atoms with Gasteiger partial charge < -0.3 is 15.0 Å². The van der Waals surface area contributed by atoms with Crippen LogP contribution in [0.25, 0.3) is 0 Å². The highest BCUT2D eigenvalue weighted by Crippen LogP contribution is 2.22. The van der Waals surface area contributed by atoms with E-state index in [2.05, 4.69) is 12.2 Å². The maximum absolute atomic E-state index is 12.8. The number of sulfone groups is 1. The van der Waals surface area contributed by atoms with Crippen LogP contribution in [0.2, 0.25) is 0 Å². The van der Waals surface area contributed by atoms with E-state index in [1.165, 1.54) is 0 Å². The Kier molecular flexibility index (Phi) is 5.62. The van der Waals surface area contributed by atoms with Crippen molar-refractivity contribution in [1.82, 2.24) is 10.2 Å². The van der Waals surface area contributed by atoms with Crippen LogP contribution in [0.5, 0.6) is 0 Å². The van der Waals surface area contributed by atoms with Gasteiger partial charge in [0, 0.05) is 19.7 Å². The number of carbonyl (C=O) groups excluding carboxylic acids is 1. The minimum atomic E-state index is -3.00. The summed E-state index contributed by atoms with van der Waals surface area (Å²) in [6, 6.07) is -0.396. The van der Waals surface area contributed by atoms with Crippen LogP contribution >= 0.6 is 0 Å². The standard InChI is InChI=1S/C14H26N2O4S/c1-11-4-3-6-15-13(11)14(17)16(7-8-20-2)12-5-9-21(18,19)10-12/h11-13,15H,3-10H2,1-2H3. The third-order valence-corrected chi connectivity index (χ3v) is 6.25. The molecule has 1 amide bonds. The zero-order valence-corrected chi connectivity index (χ0v) is 13.7. The third kappa shape index (κ3) is 4.17. The van der Waals surface area contributed by atoms with Crippen molar-refractivity contribution >= 4 is 15.7 Å². The van der Waals surface area contributed by atoms with Crippen molar-refractivity contribution in [3.63, 3.8) is 0 Å². The Balaban J connectivity index is 2.09. The van der Waals surface area contributed by atoms with Gasteiger partial charge in [-0.05, 0) is 31.7 Å². The lowest BCUT2D eigenvalue weighted by atomic mass is 9.91. The lowest BCUT2D eigenvalue weighted by Gasteiger charge is -2.36. The quantitative estimate of drug-likeness (QED) is 0.774. The summed E-state index contributed by atoms with van der Waals surface area (Å²) in [6.45, 7) is 3.82. The zero-order chi connectivity index (χ0) is 15.5. The van der Waals surface area contributed by atoms with Crippen LogP contribution in [0, 0.1) is 5.92 Å². The fourth-order valence-electron chi connectivity index (χ4n) is 3.24. The molecule has 0 spiro atoms. The van der Waals surface area contributed by atoms with Crippen molar-refractivity contribution in [2.24, 2.45) is 5.92 Å².